The summed E-state index contributed by atoms with van der Waals surface area (Å²) < 4.78 is 5.39. The number of aromatic hydroxyl groups is 1. The number of morpholine rings is 1. The maximum Gasteiger partial charge on any atom is 0.251 e. The molecule has 4 rings (SSSR count). The smallest absolute Gasteiger partial charge is 0.251 e. The zero-order chi connectivity index (χ0) is 26.2. The number of nitrogens with zero attached hydrogens (tertiary/aromatic N) is 1. The molecule has 1 aliphatic heterocycles. The van der Waals surface area contributed by atoms with Crippen molar-refractivity contribution in [1.82, 2.24) is 15.5 Å². The summed E-state index contributed by atoms with van der Waals surface area (Å²) in [5.74, 6) is -0.0775. The summed E-state index contributed by atoms with van der Waals surface area (Å²) in [7, 11) is 0. The van der Waals surface area contributed by atoms with Crippen molar-refractivity contribution >= 4 is 35.0 Å². The third kappa shape index (κ3) is 7.84. The number of ether oxygens (including phenoxy) is 1. The molecule has 1 saturated heterocycles. The molecule has 0 aromatic heterocycles. The average molecular weight is 549 g/mol. The maximum absolute atomic E-state index is 13.3. The zero-order valence-corrected chi connectivity index (χ0v) is 22.5. The first kappa shape index (κ1) is 27.7. The molecule has 2 aliphatic rings. The lowest BCUT2D eigenvalue weighted by Crippen LogP contribution is -2.49. The third-order valence-electron chi connectivity index (χ3n) is 7.24. The molecule has 2 amide bonds. The highest BCUT2D eigenvalue weighted by atomic mass is 35.5. The minimum Gasteiger partial charge on any atom is -0.507 e. The zero-order valence-electron chi connectivity index (χ0n) is 21.0. The van der Waals surface area contributed by atoms with Gasteiger partial charge in [0.05, 0.1) is 23.3 Å². The molecule has 37 heavy (non-hydrogen) atoms. The van der Waals surface area contributed by atoms with Gasteiger partial charge in [-0.1, -0.05) is 61.4 Å². The Balaban J connectivity index is 1.45. The Morgan fingerprint density at radius 2 is 1.78 bits per heavy atom. The van der Waals surface area contributed by atoms with Crippen LogP contribution in [0.3, 0.4) is 0 Å². The summed E-state index contributed by atoms with van der Waals surface area (Å²) in [5, 5.41) is 17.2. The van der Waals surface area contributed by atoms with Gasteiger partial charge < -0.3 is 20.5 Å². The van der Waals surface area contributed by atoms with Gasteiger partial charge in [-0.15, -0.1) is 0 Å². The second-order valence-corrected chi connectivity index (χ2v) is 10.7. The fraction of sp³-hybridized carbons (Fsp3) is 0.500. The third-order valence-corrected chi connectivity index (χ3v) is 7.97. The van der Waals surface area contributed by atoms with Gasteiger partial charge in [0.25, 0.3) is 5.91 Å². The molecule has 7 nitrogen and oxygen atoms in total. The van der Waals surface area contributed by atoms with Gasteiger partial charge in [-0.3, -0.25) is 14.5 Å². The molecule has 9 heteroatoms. The van der Waals surface area contributed by atoms with E-state index in [2.05, 4.69) is 15.5 Å². The van der Waals surface area contributed by atoms with Gasteiger partial charge in [-0.25, -0.2) is 0 Å². The van der Waals surface area contributed by atoms with E-state index in [1.54, 1.807) is 30.3 Å². The van der Waals surface area contributed by atoms with Crippen molar-refractivity contribution < 1.29 is 19.4 Å². The first-order valence-electron chi connectivity index (χ1n) is 13.1. The van der Waals surface area contributed by atoms with Crippen LogP contribution in [0.1, 0.15) is 48.9 Å². The first-order valence-corrected chi connectivity index (χ1v) is 13.8. The number of amides is 2. The van der Waals surface area contributed by atoms with E-state index in [0.717, 1.165) is 45.3 Å². The summed E-state index contributed by atoms with van der Waals surface area (Å²) >= 11 is 12.2. The number of hydrogen-bond acceptors (Lipinski definition) is 5. The topological polar surface area (TPSA) is 90.9 Å². The van der Waals surface area contributed by atoms with Crippen LogP contribution in [0.4, 0.5) is 0 Å². The van der Waals surface area contributed by atoms with Crippen LogP contribution in [0.25, 0.3) is 11.1 Å². The van der Waals surface area contributed by atoms with Crippen molar-refractivity contribution in [1.29, 1.82) is 0 Å². The van der Waals surface area contributed by atoms with E-state index in [9.17, 15) is 14.7 Å². The van der Waals surface area contributed by atoms with Crippen LogP contribution in [-0.4, -0.2) is 67.3 Å². The summed E-state index contributed by atoms with van der Waals surface area (Å²) in [6, 6.07) is 9.05. The quantitative estimate of drug-likeness (QED) is 0.416. The summed E-state index contributed by atoms with van der Waals surface area (Å²) in [6.07, 6.45) is 6.32. The maximum atomic E-state index is 13.3. The number of halogens is 2. The van der Waals surface area contributed by atoms with Crippen molar-refractivity contribution in [3.05, 3.63) is 52.0 Å². The van der Waals surface area contributed by atoms with Crippen molar-refractivity contribution in [2.75, 3.05) is 39.4 Å². The van der Waals surface area contributed by atoms with Gasteiger partial charge in [-0.05, 0) is 48.2 Å². The number of carbonyl (C=O) groups excluding carboxylic acids is 2. The van der Waals surface area contributed by atoms with Crippen LogP contribution in [0, 0.1) is 5.92 Å². The molecule has 0 spiro atoms. The summed E-state index contributed by atoms with van der Waals surface area (Å²) in [4.78, 5) is 28.8. The Morgan fingerprint density at radius 3 is 2.51 bits per heavy atom. The largest absolute Gasteiger partial charge is 0.507 e. The van der Waals surface area contributed by atoms with E-state index in [4.69, 9.17) is 27.9 Å². The lowest BCUT2D eigenvalue weighted by atomic mass is 9.84. The van der Waals surface area contributed by atoms with Gasteiger partial charge in [0.1, 0.15) is 11.8 Å². The first-order chi connectivity index (χ1) is 17.9. The van der Waals surface area contributed by atoms with Crippen LogP contribution in [0.2, 0.25) is 10.0 Å². The highest BCUT2D eigenvalue weighted by molar-refractivity contribution is 6.42. The lowest BCUT2D eigenvalue weighted by molar-refractivity contribution is -0.123. The van der Waals surface area contributed by atoms with E-state index in [1.807, 2.05) is 0 Å². The summed E-state index contributed by atoms with van der Waals surface area (Å²) in [5.41, 5.74) is 1.46. The Bertz CT molecular complexity index is 1090. The predicted molar refractivity (Wildman–Crippen MR) is 146 cm³/mol. The molecule has 1 atom stereocenters. The molecule has 0 radical (unpaired) electrons. The van der Waals surface area contributed by atoms with Crippen LogP contribution < -0.4 is 10.6 Å². The van der Waals surface area contributed by atoms with Crippen molar-refractivity contribution in [2.45, 2.75) is 44.6 Å². The minimum absolute atomic E-state index is 0.0227. The van der Waals surface area contributed by atoms with E-state index < -0.39 is 6.04 Å². The van der Waals surface area contributed by atoms with Gasteiger partial charge >= 0.3 is 0 Å². The molecule has 2 fully saturated rings. The number of phenolic OH excluding ortho intramolecular Hbond substituents is 1. The molecule has 1 heterocycles. The summed E-state index contributed by atoms with van der Waals surface area (Å²) in [6.45, 7) is 4.43. The molecule has 1 saturated carbocycles. The second kappa shape index (κ2) is 13.5. The van der Waals surface area contributed by atoms with Crippen LogP contribution in [-0.2, 0) is 9.53 Å². The highest BCUT2D eigenvalue weighted by Crippen LogP contribution is 2.34. The van der Waals surface area contributed by atoms with Gasteiger partial charge in [-0.2, -0.15) is 0 Å². The van der Waals surface area contributed by atoms with E-state index in [-0.39, 0.29) is 17.6 Å². The minimum atomic E-state index is -0.623. The van der Waals surface area contributed by atoms with E-state index in [0.29, 0.717) is 58.8 Å². The van der Waals surface area contributed by atoms with Gasteiger partial charge in [0.15, 0.2) is 0 Å². The number of phenols is 1. The average Bonchev–Trinajstić information content (AvgIpc) is 2.91. The normalized spacial score (nSPS) is 17.8. The number of benzene rings is 2. The molecule has 0 bridgehead atoms. The standard InChI is InChI=1S/C28H35Cl2N3O4/c29-23-8-6-20(18-24(23)30)22-17-21(7-9-26(22)34)27(35)32-25(16-19-4-2-1-3-5-19)28(36)31-10-11-33-12-14-37-15-13-33/h6-9,17-19,25,34H,1-5,10-16H2,(H,31,36)(H,32,35)/t25-/m0/s1. The van der Waals surface area contributed by atoms with Gasteiger partial charge in [0, 0.05) is 37.3 Å². The highest BCUT2D eigenvalue weighted by Gasteiger charge is 2.27. The molecule has 2 aromatic carbocycles. The van der Waals surface area contributed by atoms with Crippen molar-refractivity contribution in [3.63, 3.8) is 0 Å². The number of nitrogens with one attached hydrogen (secondary N) is 2. The lowest BCUT2D eigenvalue weighted by Gasteiger charge is -2.28. The Hall–Kier alpha value is -2.32. The van der Waals surface area contributed by atoms with Crippen LogP contribution in [0.5, 0.6) is 5.75 Å². The second-order valence-electron chi connectivity index (χ2n) is 9.87. The van der Waals surface area contributed by atoms with E-state index in [1.165, 1.54) is 12.5 Å². The fourth-order valence-electron chi connectivity index (χ4n) is 5.09. The molecular weight excluding hydrogens is 513 g/mol. The molecular formula is C28H35Cl2N3O4. The molecule has 2 aromatic rings. The van der Waals surface area contributed by atoms with Crippen molar-refractivity contribution in [3.8, 4) is 16.9 Å². The Labute approximate surface area is 228 Å². The predicted octanol–water partition coefficient (Wildman–Crippen LogP) is 4.88. The monoisotopic (exact) mass is 547 g/mol. The van der Waals surface area contributed by atoms with Gasteiger partial charge in [0.2, 0.25) is 5.91 Å². The van der Waals surface area contributed by atoms with Crippen molar-refractivity contribution in [2.24, 2.45) is 5.92 Å². The molecule has 200 valence electrons. The van der Waals surface area contributed by atoms with Crippen LogP contribution in [0.15, 0.2) is 36.4 Å². The molecule has 3 N–H and O–H groups in total. The van der Waals surface area contributed by atoms with Crippen LogP contribution >= 0.6 is 23.2 Å². The Kier molecular flexibility index (Phi) is 10.1. The SMILES string of the molecule is O=C(N[C@@H](CC1CCCCC1)C(=O)NCCN1CCOCC1)c1ccc(O)c(-c2ccc(Cl)c(Cl)c2)c1. The Morgan fingerprint density at radius 1 is 1.03 bits per heavy atom. The number of carbonyl (C=O) groups is 2. The fourth-order valence-corrected chi connectivity index (χ4v) is 5.38. The number of hydrogen-bond donors (Lipinski definition) is 3. The molecule has 1 aliphatic carbocycles. The van der Waals surface area contributed by atoms with E-state index >= 15 is 0 Å². The molecule has 0 unspecified atom stereocenters. The number of rotatable bonds is 9.